The Morgan fingerprint density at radius 2 is 1.67 bits per heavy atom. The molecule has 0 radical (unpaired) electrons. The van der Waals surface area contributed by atoms with Gasteiger partial charge in [0.25, 0.3) is 5.91 Å². The summed E-state index contributed by atoms with van der Waals surface area (Å²) in [5, 5.41) is 2.94. The minimum Gasteiger partial charge on any atom is -0.370 e. The highest BCUT2D eigenvalue weighted by Crippen LogP contribution is 2.24. The minimum atomic E-state index is -0.0915. The number of anilines is 2. The first kappa shape index (κ1) is 15.1. The summed E-state index contributed by atoms with van der Waals surface area (Å²) < 4.78 is 0. The molecule has 0 fully saturated rings. The van der Waals surface area contributed by atoms with Crippen LogP contribution in [0.4, 0.5) is 11.4 Å². The molecule has 0 aromatic heterocycles. The fourth-order valence-corrected chi connectivity index (χ4v) is 1.97. The first-order valence-corrected chi connectivity index (χ1v) is 7.08. The van der Waals surface area contributed by atoms with Crippen molar-refractivity contribution in [3.63, 3.8) is 0 Å². The van der Waals surface area contributed by atoms with Gasteiger partial charge in [-0.05, 0) is 51.1 Å². The van der Waals surface area contributed by atoms with Gasteiger partial charge in [-0.2, -0.15) is 0 Å². The Bertz CT molecular complexity index is 615. The van der Waals surface area contributed by atoms with E-state index in [1.807, 2.05) is 42.5 Å². The van der Waals surface area contributed by atoms with E-state index < -0.39 is 0 Å². The molecule has 3 heteroatoms. The molecule has 0 aliphatic heterocycles. The van der Waals surface area contributed by atoms with E-state index >= 15 is 0 Å². The van der Waals surface area contributed by atoms with Crippen molar-refractivity contribution < 1.29 is 4.79 Å². The highest BCUT2D eigenvalue weighted by molar-refractivity contribution is 6.04. The number of carbonyl (C=O) groups is 1. The fourth-order valence-electron chi connectivity index (χ4n) is 1.97. The molecule has 2 aromatic carbocycles. The summed E-state index contributed by atoms with van der Waals surface area (Å²) in [7, 11) is 2.05. The number of nitrogens with one attached hydrogen (secondary N) is 1. The maximum absolute atomic E-state index is 12.2. The van der Waals surface area contributed by atoms with Gasteiger partial charge in [0.15, 0.2) is 0 Å². The SMILES string of the molecule is CN(c1cccc(NC(=O)c2ccccc2)c1)C(C)(C)C. The first-order valence-electron chi connectivity index (χ1n) is 7.08. The van der Waals surface area contributed by atoms with Crippen molar-refractivity contribution in [3.05, 3.63) is 60.2 Å². The first-order chi connectivity index (χ1) is 9.88. The predicted octanol–water partition coefficient (Wildman–Crippen LogP) is 4.17. The summed E-state index contributed by atoms with van der Waals surface area (Å²) in [6.45, 7) is 6.46. The Labute approximate surface area is 126 Å². The van der Waals surface area contributed by atoms with Crippen LogP contribution in [0, 0.1) is 0 Å². The van der Waals surface area contributed by atoms with Crippen LogP contribution >= 0.6 is 0 Å². The molecule has 21 heavy (non-hydrogen) atoms. The zero-order chi connectivity index (χ0) is 15.5. The van der Waals surface area contributed by atoms with Gasteiger partial charge < -0.3 is 10.2 Å². The van der Waals surface area contributed by atoms with Crippen molar-refractivity contribution in [1.82, 2.24) is 0 Å². The van der Waals surface area contributed by atoms with E-state index in [0.717, 1.165) is 11.4 Å². The lowest BCUT2D eigenvalue weighted by atomic mass is 10.1. The average Bonchev–Trinajstić information content (AvgIpc) is 2.46. The largest absolute Gasteiger partial charge is 0.370 e. The second-order valence-electron chi connectivity index (χ2n) is 6.10. The Kier molecular flexibility index (Phi) is 4.32. The van der Waals surface area contributed by atoms with Gasteiger partial charge in [-0.3, -0.25) is 4.79 Å². The van der Waals surface area contributed by atoms with Crippen LogP contribution in [0.5, 0.6) is 0 Å². The third kappa shape index (κ3) is 3.85. The maximum atomic E-state index is 12.2. The van der Waals surface area contributed by atoms with E-state index in [2.05, 4.69) is 38.0 Å². The second kappa shape index (κ2) is 6.00. The van der Waals surface area contributed by atoms with Gasteiger partial charge >= 0.3 is 0 Å². The van der Waals surface area contributed by atoms with E-state index in [-0.39, 0.29) is 11.4 Å². The van der Waals surface area contributed by atoms with Crippen molar-refractivity contribution in [3.8, 4) is 0 Å². The van der Waals surface area contributed by atoms with Gasteiger partial charge in [0.1, 0.15) is 0 Å². The average molecular weight is 282 g/mol. The van der Waals surface area contributed by atoms with Gasteiger partial charge in [-0.25, -0.2) is 0 Å². The van der Waals surface area contributed by atoms with Crippen LogP contribution in [0.2, 0.25) is 0 Å². The lowest BCUT2D eigenvalue weighted by Gasteiger charge is -2.34. The molecule has 0 atom stereocenters. The van der Waals surface area contributed by atoms with Crippen LogP contribution < -0.4 is 10.2 Å². The number of hydrogen-bond donors (Lipinski definition) is 1. The maximum Gasteiger partial charge on any atom is 0.255 e. The van der Waals surface area contributed by atoms with Crippen LogP contribution in [0.15, 0.2) is 54.6 Å². The zero-order valence-electron chi connectivity index (χ0n) is 13.1. The van der Waals surface area contributed by atoms with Crippen molar-refractivity contribution in [2.24, 2.45) is 0 Å². The monoisotopic (exact) mass is 282 g/mol. The van der Waals surface area contributed by atoms with E-state index in [1.165, 1.54) is 0 Å². The van der Waals surface area contributed by atoms with Crippen LogP contribution in [0.3, 0.4) is 0 Å². The van der Waals surface area contributed by atoms with Crippen molar-refractivity contribution in [2.45, 2.75) is 26.3 Å². The quantitative estimate of drug-likeness (QED) is 0.916. The normalized spacial score (nSPS) is 11.0. The molecule has 0 bridgehead atoms. The molecular weight excluding hydrogens is 260 g/mol. The molecule has 0 aliphatic carbocycles. The van der Waals surface area contributed by atoms with Gasteiger partial charge in [-0.1, -0.05) is 24.3 Å². The smallest absolute Gasteiger partial charge is 0.255 e. The summed E-state index contributed by atoms with van der Waals surface area (Å²) in [5.74, 6) is -0.0915. The summed E-state index contributed by atoms with van der Waals surface area (Å²) in [5.41, 5.74) is 2.57. The molecule has 0 saturated heterocycles. The summed E-state index contributed by atoms with van der Waals surface area (Å²) in [6, 6.07) is 17.1. The van der Waals surface area contributed by atoms with Crippen LogP contribution in [0.1, 0.15) is 31.1 Å². The third-order valence-corrected chi connectivity index (χ3v) is 3.53. The highest BCUT2D eigenvalue weighted by atomic mass is 16.1. The molecule has 110 valence electrons. The number of nitrogens with zero attached hydrogens (tertiary/aromatic N) is 1. The molecule has 0 heterocycles. The lowest BCUT2D eigenvalue weighted by Crippen LogP contribution is -2.38. The number of carbonyl (C=O) groups excluding carboxylic acids is 1. The highest BCUT2D eigenvalue weighted by Gasteiger charge is 2.17. The Morgan fingerprint density at radius 3 is 2.29 bits per heavy atom. The number of hydrogen-bond acceptors (Lipinski definition) is 2. The van der Waals surface area contributed by atoms with Crippen LogP contribution in [0.25, 0.3) is 0 Å². The minimum absolute atomic E-state index is 0.0298. The lowest BCUT2D eigenvalue weighted by molar-refractivity contribution is 0.102. The predicted molar refractivity (Wildman–Crippen MR) is 89.0 cm³/mol. The molecule has 0 unspecified atom stereocenters. The third-order valence-electron chi connectivity index (χ3n) is 3.53. The topological polar surface area (TPSA) is 32.3 Å². The fraction of sp³-hybridized carbons (Fsp3) is 0.278. The molecule has 1 amide bonds. The number of amides is 1. The molecule has 0 spiro atoms. The van der Waals surface area contributed by atoms with Gasteiger partial charge in [0.2, 0.25) is 0 Å². The van der Waals surface area contributed by atoms with E-state index in [4.69, 9.17) is 0 Å². The zero-order valence-corrected chi connectivity index (χ0v) is 13.1. The van der Waals surface area contributed by atoms with Crippen molar-refractivity contribution in [1.29, 1.82) is 0 Å². The van der Waals surface area contributed by atoms with E-state index in [1.54, 1.807) is 12.1 Å². The standard InChI is InChI=1S/C18H22N2O/c1-18(2,3)20(4)16-12-8-11-15(13-16)19-17(21)14-9-6-5-7-10-14/h5-13H,1-4H3,(H,19,21). The summed E-state index contributed by atoms with van der Waals surface area (Å²) in [4.78, 5) is 14.4. The van der Waals surface area contributed by atoms with Crippen molar-refractivity contribution >= 4 is 17.3 Å². The van der Waals surface area contributed by atoms with Gasteiger partial charge in [-0.15, -0.1) is 0 Å². The van der Waals surface area contributed by atoms with E-state index in [9.17, 15) is 4.79 Å². The number of rotatable bonds is 3. The van der Waals surface area contributed by atoms with Gasteiger partial charge in [0.05, 0.1) is 0 Å². The number of benzene rings is 2. The molecule has 1 N–H and O–H groups in total. The summed E-state index contributed by atoms with van der Waals surface area (Å²) in [6.07, 6.45) is 0. The molecule has 2 rings (SSSR count). The summed E-state index contributed by atoms with van der Waals surface area (Å²) >= 11 is 0. The Hall–Kier alpha value is -2.29. The van der Waals surface area contributed by atoms with Gasteiger partial charge in [0, 0.05) is 29.5 Å². The van der Waals surface area contributed by atoms with E-state index in [0.29, 0.717) is 5.56 Å². The van der Waals surface area contributed by atoms with Crippen molar-refractivity contribution in [2.75, 3.05) is 17.3 Å². The molecular formula is C18H22N2O. The Morgan fingerprint density at radius 1 is 1.00 bits per heavy atom. The Balaban J connectivity index is 2.17. The van der Waals surface area contributed by atoms with Crippen LogP contribution in [-0.4, -0.2) is 18.5 Å². The second-order valence-corrected chi connectivity index (χ2v) is 6.10. The molecule has 0 saturated carbocycles. The van der Waals surface area contributed by atoms with Crippen LogP contribution in [-0.2, 0) is 0 Å². The molecule has 0 aliphatic rings. The molecule has 2 aromatic rings. The molecule has 3 nitrogen and oxygen atoms in total.